The Kier molecular flexibility index (Phi) is 4.70. The number of hydrogen-bond acceptors (Lipinski definition) is 3. The molecular formula is C14H21N3O. The zero-order chi connectivity index (χ0) is 12.8. The molecule has 4 heteroatoms. The van der Waals surface area contributed by atoms with Gasteiger partial charge in [-0.25, -0.2) is 0 Å². The molecule has 18 heavy (non-hydrogen) atoms. The molecule has 1 amide bonds. The molecule has 0 aliphatic heterocycles. The second kappa shape index (κ2) is 6.50. The fraction of sp³-hybridized carbons (Fsp3) is 0.571. The van der Waals surface area contributed by atoms with Gasteiger partial charge in [-0.2, -0.15) is 0 Å². The predicted molar refractivity (Wildman–Crippen MR) is 70.9 cm³/mol. The molecule has 1 aliphatic rings. The summed E-state index contributed by atoms with van der Waals surface area (Å²) in [5.41, 5.74) is 0.940. The van der Waals surface area contributed by atoms with E-state index >= 15 is 0 Å². The molecule has 1 aromatic rings. The van der Waals surface area contributed by atoms with E-state index in [1.54, 1.807) is 6.20 Å². The summed E-state index contributed by atoms with van der Waals surface area (Å²) >= 11 is 0. The van der Waals surface area contributed by atoms with E-state index in [1.165, 1.54) is 12.8 Å². The first kappa shape index (κ1) is 13.0. The van der Waals surface area contributed by atoms with Crippen LogP contribution in [0.3, 0.4) is 0 Å². The Labute approximate surface area is 108 Å². The molecule has 0 radical (unpaired) electrons. The maximum Gasteiger partial charge on any atom is 0.236 e. The first-order chi connectivity index (χ1) is 8.79. The highest BCUT2D eigenvalue weighted by Gasteiger charge is 2.21. The van der Waals surface area contributed by atoms with Crippen molar-refractivity contribution in [1.82, 2.24) is 15.2 Å². The van der Waals surface area contributed by atoms with Gasteiger partial charge in [-0.05, 0) is 44.4 Å². The molecule has 1 heterocycles. The number of pyridine rings is 1. The second-order valence-electron chi connectivity index (χ2n) is 4.80. The van der Waals surface area contributed by atoms with Crippen LogP contribution in [-0.2, 0) is 11.3 Å². The molecule has 2 rings (SSSR count). The van der Waals surface area contributed by atoms with Crippen molar-refractivity contribution in [2.75, 3.05) is 19.6 Å². The lowest BCUT2D eigenvalue weighted by Gasteiger charge is -2.20. The molecule has 4 nitrogen and oxygen atoms in total. The van der Waals surface area contributed by atoms with E-state index in [2.05, 4.69) is 10.3 Å². The first-order valence-electron chi connectivity index (χ1n) is 6.68. The number of hydrogen-bond donors (Lipinski definition) is 1. The lowest BCUT2D eigenvalue weighted by molar-refractivity contribution is -0.130. The average molecular weight is 247 g/mol. The third kappa shape index (κ3) is 4.11. The van der Waals surface area contributed by atoms with Gasteiger partial charge in [0.1, 0.15) is 0 Å². The minimum absolute atomic E-state index is 0.156. The Morgan fingerprint density at radius 3 is 2.94 bits per heavy atom. The van der Waals surface area contributed by atoms with Crippen LogP contribution in [0.25, 0.3) is 0 Å². The Bertz CT molecular complexity index is 376. The van der Waals surface area contributed by atoms with E-state index in [0.29, 0.717) is 13.1 Å². The molecule has 0 saturated heterocycles. The fourth-order valence-corrected chi connectivity index (χ4v) is 1.88. The molecule has 0 bridgehead atoms. The Morgan fingerprint density at radius 2 is 2.33 bits per heavy atom. The summed E-state index contributed by atoms with van der Waals surface area (Å²) < 4.78 is 0. The molecule has 1 fully saturated rings. The van der Waals surface area contributed by atoms with Gasteiger partial charge in [-0.1, -0.05) is 6.07 Å². The van der Waals surface area contributed by atoms with Crippen molar-refractivity contribution in [3.63, 3.8) is 0 Å². The lowest BCUT2D eigenvalue weighted by atomic mass is 10.3. The van der Waals surface area contributed by atoms with E-state index in [0.717, 1.165) is 24.7 Å². The van der Waals surface area contributed by atoms with Crippen LogP contribution in [-0.4, -0.2) is 35.4 Å². The quantitative estimate of drug-likeness (QED) is 0.793. The molecule has 0 aromatic carbocycles. The SMILES string of the molecule is CCN(Cc1ccccn1)C(=O)CNCC1CC1. The van der Waals surface area contributed by atoms with Crippen LogP contribution in [0.5, 0.6) is 0 Å². The summed E-state index contributed by atoms with van der Waals surface area (Å²) in [5, 5.41) is 3.24. The molecule has 98 valence electrons. The van der Waals surface area contributed by atoms with Crippen molar-refractivity contribution in [3.8, 4) is 0 Å². The topological polar surface area (TPSA) is 45.2 Å². The van der Waals surface area contributed by atoms with Gasteiger partial charge in [-0.15, -0.1) is 0 Å². The van der Waals surface area contributed by atoms with Gasteiger partial charge < -0.3 is 10.2 Å². The highest BCUT2D eigenvalue weighted by molar-refractivity contribution is 5.78. The van der Waals surface area contributed by atoms with E-state index in [1.807, 2.05) is 30.0 Å². The van der Waals surface area contributed by atoms with Gasteiger partial charge in [-0.3, -0.25) is 9.78 Å². The van der Waals surface area contributed by atoms with Gasteiger partial charge in [0.15, 0.2) is 0 Å². The Balaban J connectivity index is 1.77. The Morgan fingerprint density at radius 1 is 1.50 bits per heavy atom. The molecule has 1 N–H and O–H groups in total. The highest BCUT2D eigenvalue weighted by atomic mass is 16.2. The summed E-state index contributed by atoms with van der Waals surface area (Å²) in [7, 11) is 0. The van der Waals surface area contributed by atoms with E-state index < -0.39 is 0 Å². The number of nitrogens with zero attached hydrogens (tertiary/aromatic N) is 2. The fourth-order valence-electron chi connectivity index (χ4n) is 1.88. The summed E-state index contributed by atoms with van der Waals surface area (Å²) in [6.45, 7) is 4.74. The van der Waals surface area contributed by atoms with Gasteiger partial charge in [0.2, 0.25) is 5.91 Å². The van der Waals surface area contributed by atoms with Crippen LogP contribution in [0.4, 0.5) is 0 Å². The minimum atomic E-state index is 0.156. The van der Waals surface area contributed by atoms with Crippen LogP contribution in [0, 0.1) is 5.92 Å². The minimum Gasteiger partial charge on any atom is -0.336 e. The van der Waals surface area contributed by atoms with Gasteiger partial charge in [0, 0.05) is 12.7 Å². The molecule has 0 unspecified atom stereocenters. The number of likely N-dealkylation sites (N-methyl/N-ethyl adjacent to an activating group) is 1. The second-order valence-corrected chi connectivity index (χ2v) is 4.80. The van der Waals surface area contributed by atoms with Crippen molar-refractivity contribution in [2.24, 2.45) is 5.92 Å². The molecular weight excluding hydrogens is 226 g/mol. The van der Waals surface area contributed by atoms with Crippen molar-refractivity contribution >= 4 is 5.91 Å². The number of carbonyl (C=O) groups is 1. The standard InChI is InChI=1S/C14H21N3O/c1-2-17(11-13-5-3-4-8-16-13)14(18)10-15-9-12-6-7-12/h3-5,8,12,15H,2,6-7,9-11H2,1H3. The highest BCUT2D eigenvalue weighted by Crippen LogP contribution is 2.27. The number of carbonyl (C=O) groups excluding carboxylic acids is 1. The molecule has 1 saturated carbocycles. The first-order valence-corrected chi connectivity index (χ1v) is 6.68. The monoisotopic (exact) mass is 247 g/mol. The van der Waals surface area contributed by atoms with Crippen molar-refractivity contribution < 1.29 is 4.79 Å². The van der Waals surface area contributed by atoms with Gasteiger partial charge in [0.05, 0.1) is 18.8 Å². The molecule has 0 atom stereocenters. The number of amides is 1. The number of nitrogens with one attached hydrogen (secondary N) is 1. The predicted octanol–water partition coefficient (Wildman–Crippen LogP) is 1.43. The normalized spacial score (nSPS) is 14.5. The summed E-state index contributed by atoms with van der Waals surface area (Å²) in [6, 6.07) is 5.79. The summed E-state index contributed by atoms with van der Waals surface area (Å²) in [5.74, 6) is 0.965. The maximum atomic E-state index is 12.0. The molecule has 1 aromatic heterocycles. The number of aromatic nitrogens is 1. The van der Waals surface area contributed by atoms with E-state index in [9.17, 15) is 4.79 Å². The van der Waals surface area contributed by atoms with Gasteiger partial charge in [0.25, 0.3) is 0 Å². The lowest BCUT2D eigenvalue weighted by Crippen LogP contribution is -2.38. The van der Waals surface area contributed by atoms with Gasteiger partial charge >= 0.3 is 0 Å². The van der Waals surface area contributed by atoms with Crippen LogP contribution >= 0.6 is 0 Å². The average Bonchev–Trinajstić information content (AvgIpc) is 3.21. The van der Waals surface area contributed by atoms with Crippen molar-refractivity contribution in [2.45, 2.75) is 26.3 Å². The maximum absolute atomic E-state index is 12.0. The van der Waals surface area contributed by atoms with E-state index in [-0.39, 0.29) is 5.91 Å². The summed E-state index contributed by atoms with van der Waals surface area (Å²) in [4.78, 5) is 18.1. The summed E-state index contributed by atoms with van der Waals surface area (Å²) in [6.07, 6.45) is 4.39. The van der Waals surface area contributed by atoms with Crippen LogP contribution in [0.2, 0.25) is 0 Å². The smallest absolute Gasteiger partial charge is 0.236 e. The molecule has 1 aliphatic carbocycles. The largest absolute Gasteiger partial charge is 0.336 e. The number of rotatable bonds is 7. The van der Waals surface area contributed by atoms with Crippen molar-refractivity contribution in [3.05, 3.63) is 30.1 Å². The van der Waals surface area contributed by atoms with Crippen molar-refractivity contribution in [1.29, 1.82) is 0 Å². The van der Waals surface area contributed by atoms with Crippen LogP contribution < -0.4 is 5.32 Å². The third-order valence-corrected chi connectivity index (χ3v) is 3.22. The zero-order valence-electron chi connectivity index (χ0n) is 10.9. The van der Waals surface area contributed by atoms with E-state index in [4.69, 9.17) is 0 Å². The Hall–Kier alpha value is -1.42. The third-order valence-electron chi connectivity index (χ3n) is 3.22. The van der Waals surface area contributed by atoms with Crippen LogP contribution in [0.1, 0.15) is 25.5 Å². The molecule has 0 spiro atoms. The zero-order valence-corrected chi connectivity index (χ0v) is 10.9. The van der Waals surface area contributed by atoms with Crippen LogP contribution in [0.15, 0.2) is 24.4 Å².